The molecule has 0 heterocycles. The number of terminal acetylenes is 2. The first kappa shape index (κ1) is 22.9. The SMILES string of the molecule is C#Cc1cccc(NC(=O)c2ccc(Oc3ccc(NC(=O)c4cccc(C#C)c4)cc3)cc2)c1. The predicted molar refractivity (Wildman–Crippen MR) is 138 cm³/mol. The van der Waals surface area contributed by atoms with Gasteiger partial charge in [0.2, 0.25) is 0 Å². The number of ether oxygens (including phenoxy) is 1. The average molecular weight is 457 g/mol. The van der Waals surface area contributed by atoms with Gasteiger partial charge in [-0.25, -0.2) is 0 Å². The van der Waals surface area contributed by atoms with Crippen molar-refractivity contribution in [3.63, 3.8) is 0 Å². The lowest BCUT2D eigenvalue weighted by Crippen LogP contribution is -2.12. The minimum Gasteiger partial charge on any atom is -0.457 e. The van der Waals surface area contributed by atoms with Crippen LogP contribution in [0.3, 0.4) is 0 Å². The summed E-state index contributed by atoms with van der Waals surface area (Å²) in [7, 11) is 0. The smallest absolute Gasteiger partial charge is 0.255 e. The molecule has 5 heteroatoms. The first-order chi connectivity index (χ1) is 17.0. The maximum absolute atomic E-state index is 12.5. The number of hydrogen-bond donors (Lipinski definition) is 2. The summed E-state index contributed by atoms with van der Waals surface area (Å²) in [4.78, 5) is 24.9. The molecule has 0 spiro atoms. The van der Waals surface area contributed by atoms with Crippen molar-refractivity contribution in [2.24, 2.45) is 0 Å². The Hall–Kier alpha value is -5.26. The second-order valence-corrected chi connectivity index (χ2v) is 7.51. The summed E-state index contributed by atoms with van der Waals surface area (Å²) < 4.78 is 5.85. The van der Waals surface area contributed by atoms with Gasteiger partial charge in [0.25, 0.3) is 11.8 Å². The molecule has 0 saturated heterocycles. The number of amides is 2. The first-order valence-corrected chi connectivity index (χ1v) is 10.7. The quantitative estimate of drug-likeness (QED) is 0.353. The molecule has 0 aliphatic carbocycles. The standard InChI is InChI=1S/C30H20N2O3/c1-3-21-7-5-9-24(19-21)30(34)31-25-13-17-28(18-14-25)35-27-15-11-23(12-16-27)29(33)32-26-10-6-8-22(4-2)20-26/h1-2,5-20H,(H,31,34)(H,32,33). The molecular weight excluding hydrogens is 436 g/mol. The molecule has 0 radical (unpaired) electrons. The van der Waals surface area contributed by atoms with Gasteiger partial charge in [0, 0.05) is 33.6 Å². The molecule has 168 valence electrons. The summed E-state index contributed by atoms with van der Waals surface area (Å²) in [5.41, 5.74) is 3.54. The van der Waals surface area contributed by atoms with Crippen LogP contribution in [-0.4, -0.2) is 11.8 Å². The van der Waals surface area contributed by atoms with Crippen LogP contribution in [0.1, 0.15) is 31.8 Å². The molecule has 0 fully saturated rings. The van der Waals surface area contributed by atoms with Crippen LogP contribution in [-0.2, 0) is 0 Å². The third-order valence-corrected chi connectivity index (χ3v) is 5.04. The van der Waals surface area contributed by atoms with Crippen LogP contribution in [0.4, 0.5) is 11.4 Å². The second-order valence-electron chi connectivity index (χ2n) is 7.51. The van der Waals surface area contributed by atoms with Gasteiger partial charge in [-0.05, 0) is 84.9 Å². The van der Waals surface area contributed by atoms with Crippen molar-refractivity contribution in [3.8, 4) is 36.2 Å². The Balaban J connectivity index is 1.35. The minimum atomic E-state index is -0.254. The monoisotopic (exact) mass is 456 g/mol. The fraction of sp³-hybridized carbons (Fsp3) is 0. The highest BCUT2D eigenvalue weighted by Crippen LogP contribution is 2.24. The van der Waals surface area contributed by atoms with E-state index in [9.17, 15) is 9.59 Å². The lowest BCUT2D eigenvalue weighted by atomic mass is 10.1. The first-order valence-electron chi connectivity index (χ1n) is 10.7. The van der Waals surface area contributed by atoms with E-state index in [-0.39, 0.29) is 11.8 Å². The maximum Gasteiger partial charge on any atom is 0.255 e. The van der Waals surface area contributed by atoms with E-state index in [1.807, 2.05) is 0 Å². The van der Waals surface area contributed by atoms with Crippen molar-refractivity contribution in [2.75, 3.05) is 10.6 Å². The van der Waals surface area contributed by atoms with Crippen molar-refractivity contribution in [3.05, 3.63) is 119 Å². The van der Waals surface area contributed by atoms with Crippen LogP contribution < -0.4 is 15.4 Å². The Kier molecular flexibility index (Phi) is 6.92. The van der Waals surface area contributed by atoms with Crippen molar-refractivity contribution in [1.29, 1.82) is 0 Å². The third-order valence-electron chi connectivity index (χ3n) is 5.04. The van der Waals surface area contributed by atoms with Crippen molar-refractivity contribution in [1.82, 2.24) is 0 Å². The lowest BCUT2D eigenvalue weighted by Gasteiger charge is -2.09. The molecular formula is C30H20N2O3. The van der Waals surface area contributed by atoms with Gasteiger partial charge in [0.1, 0.15) is 11.5 Å². The molecule has 4 rings (SSSR count). The van der Waals surface area contributed by atoms with E-state index in [1.54, 1.807) is 97.1 Å². The molecule has 0 unspecified atom stereocenters. The molecule has 0 aromatic heterocycles. The summed E-state index contributed by atoms with van der Waals surface area (Å²) in [6.07, 6.45) is 10.8. The van der Waals surface area contributed by atoms with Gasteiger partial charge in [-0.2, -0.15) is 0 Å². The highest BCUT2D eigenvalue weighted by molar-refractivity contribution is 6.05. The topological polar surface area (TPSA) is 67.4 Å². The number of benzene rings is 4. The van der Waals surface area contributed by atoms with Gasteiger partial charge in [0.05, 0.1) is 0 Å². The minimum absolute atomic E-state index is 0.251. The number of hydrogen-bond acceptors (Lipinski definition) is 3. The fourth-order valence-electron chi connectivity index (χ4n) is 3.26. The maximum atomic E-state index is 12.5. The van der Waals surface area contributed by atoms with Crippen molar-refractivity contribution < 1.29 is 14.3 Å². The van der Waals surface area contributed by atoms with E-state index in [2.05, 4.69) is 22.5 Å². The zero-order valence-corrected chi connectivity index (χ0v) is 18.6. The van der Waals surface area contributed by atoms with Gasteiger partial charge in [-0.3, -0.25) is 9.59 Å². The fourth-order valence-corrected chi connectivity index (χ4v) is 3.26. The molecule has 0 aliphatic heterocycles. The normalized spacial score (nSPS) is 9.89. The van der Waals surface area contributed by atoms with Crippen molar-refractivity contribution in [2.45, 2.75) is 0 Å². The molecule has 0 saturated carbocycles. The third kappa shape index (κ3) is 5.96. The van der Waals surface area contributed by atoms with E-state index in [1.165, 1.54) is 0 Å². The summed E-state index contributed by atoms with van der Waals surface area (Å²) in [5, 5.41) is 5.65. The molecule has 4 aromatic carbocycles. The zero-order chi connectivity index (χ0) is 24.6. The molecule has 4 aromatic rings. The number of anilines is 2. The summed E-state index contributed by atoms with van der Waals surface area (Å²) >= 11 is 0. The van der Waals surface area contributed by atoms with E-state index >= 15 is 0 Å². The van der Waals surface area contributed by atoms with Gasteiger partial charge < -0.3 is 15.4 Å². The molecule has 2 N–H and O–H groups in total. The Labute approximate surface area is 203 Å². The molecule has 0 bridgehead atoms. The van der Waals surface area contributed by atoms with E-state index in [0.717, 1.165) is 0 Å². The summed E-state index contributed by atoms with van der Waals surface area (Å²) in [6.45, 7) is 0. The van der Waals surface area contributed by atoms with Crippen LogP contribution >= 0.6 is 0 Å². The van der Waals surface area contributed by atoms with Crippen LogP contribution in [0.15, 0.2) is 97.1 Å². The molecule has 5 nitrogen and oxygen atoms in total. The van der Waals surface area contributed by atoms with Crippen LogP contribution in [0, 0.1) is 24.7 Å². The van der Waals surface area contributed by atoms with E-state index < -0.39 is 0 Å². The van der Waals surface area contributed by atoms with Gasteiger partial charge in [-0.1, -0.05) is 24.0 Å². The number of nitrogens with one attached hydrogen (secondary N) is 2. The number of rotatable bonds is 6. The summed E-state index contributed by atoms with van der Waals surface area (Å²) in [5.74, 6) is 5.70. The number of carbonyl (C=O) groups is 2. The highest BCUT2D eigenvalue weighted by atomic mass is 16.5. The van der Waals surface area contributed by atoms with Gasteiger partial charge in [-0.15, -0.1) is 12.8 Å². The van der Waals surface area contributed by atoms with E-state index in [0.29, 0.717) is 45.1 Å². The Morgan fingerprint density at radius 3 is 1.80 bits per heavy atom. The van der Waals surface area contributed by atoms with Gasteiger partial charge >= 0.3 is 0 Å². The largest absolute Gasteiger partial charge is 0.457 e. The Morgan fingerprint density at radius 1 is 0.600 bits per heavy atom. The van der Waals surface area contributed by atoms with E-state index in [4.69, 9.17) is 17.6 Å². The highest BCUT2D eigenvalue weighted by Gasteiger charge is 2.09. The Morgan fingerprint density at radius 2 is 1.14 bits per heavy atom. The predicted octanol–water partition coefficient (Wildman–Crippen LogP) is 5.95. The van der Waals surface area contributed by atoms with Gasteiger partial charge in [0.15, 0.2) is 0 Å². The van der Waals surface area contributed by atoms with Crippen LogP contribution in [0.2, 0.25) is 0 Å². The molecule has 0 atom stereocenters. The number of carbonyl (C=O) groups excluding carboxylic acids is 2. The average Bonchev–Trinajstić information content (AvgIpc) is 2.90. The molecule has 35 heavy (non-hydrogen) atoms. The second kappa shape index (κ2) is 10.6. The molecule has 2 amide bonds. The Bertz CT molecular complexity index is 1460. The van der Waals surface area contributed by atoms with Crippen LogP contribution in [0.25, 0.3) is 0 Å². The van der Waals surface area contributed by atoms with Crippen LogP contribution in [0.5, 0.6) is 11.5 Å². The zero-order valence-electron chi connectivity index (χ0n) is 18.6. The lowest BCUT2D eigenvalue weighted by molar-refractivity contribution is 0.101. The molecule has 0 aliphatic rings. The van der Waals surface area contributed by atoms with Crippen molar-refractivity contribution >= 4 is 23.2 Å². The summed E-state index contributed by atoms with van der Waals surface area (Å²) in [6, 6.07) is 27.7.